The quantitative estimate of drug-likeness (QED) is 0.477. The molecule has 2 nitrogen and oxygen atoms in total. The van der Waals surface area contributed by atoms with Gasteiger partial charge in [0.15, 0.2) is 0 Å². The van der Waals surface area contributed by atoms with E-state index in [1.54, 1.807) is 22.8 Å². The van der Waals surface area contributed by atoms with Crippen LogP contribution in [0.3, 0.4) is 0 Å². The molecular weight excluding hydrogens is 325 g/mol. The molecule has 0 spiro atoms. The predicted molar refractivity (Wildman–Crippen MR) is 104 cm³/mol. The molecule has 3 aromatic carbocycles. The average molecular weight is 343 g/mol. The third-order valence-electron chi connectivity index (χ3n) is 4.62. The van der Waals surface area contributed by atoms with E-state index in [0.29, 0.717) is 0 Å². The Morgan fingerprint density at radius 2 is 1.42 bits per heavy atom. The molecule has 0 N–H and O–H groups in total. The number of benzene rings is 3. The van der Waals surface area contributed by atoms with E-state index >= 15 is 0 Å². The van der Waals surface area contributed by atoms with Crippen molar-refractivity contribution in [1.82, 2.24) is 4.57 Å². The lowest BCUT2D eigenvalue weighted by Crippen LogP contribution is -2.18. The molecule has 0 unspecified atom stereocenters. The molecule has 4 aromatic rings. The van der Waals surface area contributed by atoms with Crippen LogP contribution in [0, 0.1) is 19.7 Å². The number of hydrogen-bond acceptors (Lipinski definition) is 1. The lowest BCUT2D eigenvalue weighted by atomic mass is 9.99. The molecule has 0 aliphatic carbocycles. The van der Waals surface area contributed by atoms with Gasteiger partial charge < -0.3 is 0 Å². The van der Waals surface area contributed by atoms with Crippen molar-refractivity contribution in [2.24, 2.45) is 0 Å². The number of pyridine rings is 1. The summed E-state index contributed by atoms with van der Waals surface area (Å²) in [6.45, 7) is 4.04. The molecule has 0 aliphatic heterocycles. The van der Waals surface area contributed by atoms with Gasteiger partial charge in [-0.3, -0.25) is 9.36 Å². The van der Waals surface area contributed by atoms with Crippen molar-refractivity contribution in [1.29, 1.82) is 0 Å². The lowest BCUT2D eigenvalue weighted by molar-refractivity contribution is 0.628. The van der Waals surface area contributed by atoms with Crippen LogP contribution in [0.15, 0.2) is 77.6 Å². The summed E-state index contributed by atoms with van der Waals surface area (Å²) in [5.74, 6) is -0.290. The fraction of sp³-hybridized carbons (Fsp3) is 0.0870. The minimum atomic E-state index is -0.290. The molecule has 128 valence electrons. The van der Waals surface area contributed by atoms with Crippen LogP contribution in [0.2, 0.25) is 0 Å². The SMILES string of the molecule is Cc1ccc(-n2c(=O)cc(-c3ccc(F)cc3)c3cc(C)ccc32)cc1. The standard InChI is InChI=1S/C23H18FNO/c1-15-3-10-19(11-4-15)25-22-12-5-16(2)13-21(22)20(14-23(25)26)17-6-8-18(24)9-7-17/h3-14H,1-2H3. The number of hydrogen-bond donors (Lipinski definition) is 0. The zero-order valence-corrected chi connectivity index (χ0v) is 14.7. The first kappa shape index (κ1) is 16.3. The molecule has 0 aliphatic rings. The van der Waals surface area contributed by atoms with Crippen LogP contribution in [0.4, 0.5) is 4.39 Å². The van der Waals surface area contributed by atoms with E-state index in [0.717, 1.165) is 38.8 Å². The summed E-state index contributed by atoms with van der Waals surface area (Å²) >= 11 is 0. The Kier molecular flexibility index (Phi) is 3.92. The van der Waals surface area contributed by atoms with Gasteiger partial charge in [-0.2, -0.15) is 0 Å². The van der Waals surface area contributed by atoms with Crippen molar-refractivity contribution >= 4 is 10.9 Å². The summed E-state index contributed by atoms with van der Waals surface area (Å²) in [5, 5.41) is 0.969. The molecule has 1 heterocycles. The molecule has 1 aromatic heterocycles. The molecule has 0 saturated carbocycles. The number of aryl methyl sites for hydroxylation is 2. The summed E-state index contributed by atoms with van der Waals surface area (Å²) in [6.07, 6.45) is 0. The minimum Gasteiger partial charge on any atom is -0.277 e. The number of fused-ring (bicyclic) bond motifs is 1. The zero-order chi connectivity index (χ0) is 18.3. The highest BCUT2D eigenvalue weighted by molar-refractivity contribution is 5.95. The molecule has 0 bridgehead atoms. The maximum atomic E-state index is 13.3. The third kappa shape index (κ3) is 2.82. The smallest absolute Gasteiger partial charge is 0.256 e. The van der Waals surface area contributed by atoms with Gasteiger partial charge in [0, 0.05) is 17.1 Å². The normalized spacial score (nSPS) is 11.0. The van der Waals surface area contributed by atoms with Gasteiger partial charge in [-0.05, 0) is 61.4 Å². The predicted octanol–water partition coefficient (Wildman–Crippen LogP) is 5.41. The monoisotopic (exact) mass is 343 g/mol. The Morgan fingerprint density at radius 3 is 2.12 bits per heavy atom. The highest BCUT2D eigenvalue weighted by Crippen LogP contribution is 2.29. The third-order valence-corrected chi connectivity index (χ3v) is 4.62. The topological polar surface area (TPSA) is 22.0 Å². The molecule has 4 rings (SSSR count). The second-order valence-electron chi connectivity index (χ2n) is 6.59. The minimum absolute atomic E-state index is 0.107. The summed E-state index contributed by atoms with van der Waals surface area (Å²) in [6, 6.07) is 21.8. The van der Waals surface area contributed by atoms with Crippen molar-refractivity contribution < 1.29 is 4.39 Å². The summed E-state index contributed by atoms with van der Waals surface area (Å²) < 4.78 is 15.0. The maximum Gasteiger partial charge on any atom is 0.256 e. The van der Waals surface area contributed by atoms with E-state index < -0.39 is 0 Å². The van der Waals surface area contributed by atoms with Gasteiger partial charge in [-0.25, -0.2) is 4.39 Å². The summed E-state index contributed by atoms with van der Waals surface area (Å²) in [7, 11) is 0. The number of halogens is 1. The van der Waals surface area contributed by atoms with Crippen LogP contribution in [-0.2, 0) is 0 Å². The molecule has 0 atom stereocenters. The second-order valence-corrected chi connectivity index (χ2v) is 6.59. The van der Waals surface area contributed by atoms with Crippen LogP contribution < -0.4 is 5.56 Å². The van der Waals surface area contributed by atoms with Crippen molar-refractivity contribution in [2.75, 3.05) is 0 Å². The van der Waals surface area contributed by atoms with Gasteiger partial charge in [0.2, 0.25) is 0 Å². The Balaban J connectivity index is 2.06. The molecule has 0 amide bonds. The average Bonchev–Trinajstić information content (AvgIpc) is 2.63. The van der Waals surface area contributed by atoms with Gasteiger partial charge in [-0.1, -0.05) is 41.5 Å². The number of aromatic nitrogens is 1. The van der Waals surface area contributed by atoms with E-state index in [1.165, 1.54) is 12.1 Å². The zero-order valence-electron chi connectivity index (χ0n) is 14.7. The highest BCUT2D eigenvalue weighted by Gasteiger charge is 2.12. The van der Waals surface area contributed by atoms with Gasteiger partial charge >= 0.3 is 0 Å². The lowest BCUT2D eigenvalue weighted by Gasteiger charge is -2.15. The fourth-order valence-electron chi connectivity index (χ4n) is 3.27. The number of rotatable bonds is 2. The Hall–Kier alpha value is -3.20. The van der Waals surface area contributed by atoms with Crippen LogP contribution in [0.1, 0.15) is 11.1 Å². The Morgan fingerprint density at radius 1 is 0.769 bits per heavy atom. The van der Waals surface area contributed by atoms with Crippen LogP contribution in [0.25, 0.3) is 27.7 Å². The maximum absolute atomic E-state index is 13.3. The molecular formula is C23H18FNO. The van der Waals surface area contributed by atoms with E-state index in [4.69, 9.17) is 0 Å². The Bertz CT molecular complexity index is 1160. The van der Waals surface area contributed by atoms with Crippen LogP contribution >= 0.6 is 0 Å². The van der Waals surface area contributed by atoms with Gasteiger partial charge in [0.25, 0.3) is 5.56 Å². The van der Waals surface area contributed by atoms with Crippen LogP contribution in [0.5, 0.6) is 0 Å². The molecule has 26 heavy (non-hydrogen) atoms. The first-order chi connectivity index (χ1) is 12.5. The molecule has 0 fully saturated rings. The van der Waals surface area contributed by atoms with Crippen molar-refractivity contribution in [2.45, 2.75) is 13.8 Å². The van der Waals surface area contributed by atoms with Gasteiger partial charge in [0.1, 0.15) is 5.82 Å². The summed E-state index contributed by atoms with van der Waals surface area (Å²) in [5.41, 5.74) is 5.46. The van der Waals surface area contributed by atoms with Crippen molar-refractivity contribution in [3.8, 4) is 16.8 Å². The largest absolute Gasteiger partial charge is 0.277 e. The molecule has 3 heteroatoms. The number of nitrogens with zero attached hydrogens (tertiary/aromatic N) is 1. The highest BCUT2D eigenvalue weighted by atomic mass is 19.1. The van der Waals surface area contributed by atoms with E-state index in [2.05, 4.69) is 6.07 Å². The van der Waals surface area contributed by atoms with E-state index in [1.807, 2.05) is 50.2 Å². The van der Waals surface area contributed by atoms with E-state index in [9.17, 15) is 9.18 Å². The fourth-order valence-corrected chi connectivity index (χ4v) is 3.27. The second kappa shape index (κ2) is 6.26. The van der Waals surface area contributed by atoms with Crippen LogP contribution in [-0.4, -0.2) is 4.57 Å². The van der Waals surface area contributed by atoms with Crippen molar-refractivity contribution in [3.63, 3.8) is 0 Å². The Labute approximate surface area is 151 Å². The van der Waals surface area contributed by atoms with Gasteiger partial charge in [-0.15, -0.1) is 0 Å². The molecule has 0 saturated heterocycles. The molecule has 0 radical (unpaired) electrons. The van der Waals surface area contributed by atoms with Crippen molar-refractivity contribution in [3.05, 3.63) is 100 Å². The first-order valence-electron chi connectivity index (χ1n) is 8.52. The summed E-state index contributed by atoms with van der Waals surface area (Å²) in [4.78, 5) is 13.0. The first-order valence-corrected chi connectivity index (χ1v) is 8.52. The van der Waals surface area contributed by atoms with Gasteiger partial charge in [0.05, 0.1) is 5.52 Å². The van der Waals surface area contributed by atoms with E-state index in [-0.39, 0.29) is 11.4 Å².